The monoisotopic (exact) mass is 358 g/mol. The van der Waals surface area contributed by atoms with Gasteiger partial charge in [-0.15, -0.1) is 6.58 Å². The number of rotatable bonds is 11. The second-order valence-electron chi connectivity index (χ2n) is 7.90. The molecule has 0 radical (unpaired) electrons. The second-order valence-corrected chi connectivity index (χ2v) is 7.90. The Kier molecular flexibility index (Phi) is 7.10. The van der Waals surface area contributed by atoms with Crippen LogP contribution in [0.4, 0.5) is 0 Å². The smallest absolute Gasteiger partial charge is 0.0283 e. The number of benzene rings is 2. The first-order valence-corrected chi connectivity index (χ1v) is 10.8. The first-order chi connectivity index (χ1) is 13.3. The molecule has 0 spiro atoms. The molecule has 0 nitrogen and oxygen atoms in total. The van der Waals surface area contributed by atoms with E-state index < -0.39 is 0 Å². The van der Waals surface area contributed by atoms with E-state index in [2.05, 4.69) is 80.3 Å². The fraction of sp³-hybridized carbons (Fsp3) is 0.407. The largest absolute Gasteiger partial charge is 0.103 e. The maximum Gasteiger partial charge on any atom is 0.0283 e. The molecule has 0 saturated carbocycles. The van der Waals surface area contributed by atoms with Crippen LogP contribution in [0.25, 0.3) is 11.1 Å². The SMILES string of the molecule is C=CCC1(C/C=C/CCCCCCCC)c2ccccc2-c2ccccc21. The Hall–Kier alpha value is -2.08. The topological polar surface area (TPSA) is 0 Å². The molecule has 0 heteroatoms. The summed E-state index contributed by atoms with van der Waals surface area (Å²) in [7, 11) is 0. The van der Waals surface area contributed by atoms with Gasteiger partial charge in [0.05, 0.1) is 0 Å². The van der Waals surface area contributed by atoms with Crippen molar-refractivity contribution >= 4 is 0 Å². The highest BCUT2D eigenvalue weighted by atomic mass is 14.4. The number of hydrogen-bond acceptors (Lipinski definition) is 0. The van der Waals surface area contributed by atoms with Crippen LogP contribution in [0.5, 0.6) is 0 Å². The minimum atomic E-state index is 0.0482. The summed E-state index contributed by atoms with van der Waals surface area (Å²) in [5.74, 6) is 0. The molecule has 0 amide bonds. The minimum absolute atomic E-state index is 0.0482. The van der Waals surface area contributed by atoms with Crippen LogP contribution in [0.1, 0.15) is 75.8 Å². The normalized spacial score (nSPS) is 14.3. The summed E-state index contributed by atoms with van der Waals surface area (Å²) >= 11 is 0. The Balaban J connectivity index is 1.71. The van der Waals surface area contributed by atoms with E-state index in [-0.39, 0.29) is 5.41 Å². The number of allylic oxidation sites excluding steroid dienone is 3. The molecule has 0 aromatic heterocycles. The molecule has 0 bridgehead atoms. The van der Waals surface area contributed by atoms with E-state index in [1.54, 1.807) is 0 Å². The molecular formula is C27H34. The summed E-state index contributed by atoms with van der Waals surface area (Å²) in [6.45, 7) is 6.36. The maximum absolute atomic E-state index is 4.08. The minimum Gasteiger partial charge on any atom is -0.103 e. The zero-order valence-corrected chi connectivity index (χ0v) is 16.9. The Morgan fingerprint density at radius 2 is 1.33 bits per heavy atom. The van der Waals surface area contributed by atoms with Crippen molar-refractivity contribution < 1.29 is 0 Å². The third-order valence-corrected chi connectivity index (χ3v) is 6.03. The molecule has 0 fully saturated rings. The molecule has 0 atom stereocenters. The van der Waals surface area contributed by atoms with Crippen molar-refractivity contribution in [3.8, 4) is 11.1 Å². The highest BCUT2D eigenvalue weighted by Gasteiger charge is 2.40. The van der Waals surface area contributed by atoms with Crippen molar-refractivity contribution in [3.05, 3.63) is 84.5 Å². The molecule has 0 N–H and O–H groups in total. The highest BCUT2D eigenvalue weighted by Crippen LogP contribution is 2.52. The third kappa shape index (κ3) is 4.26. The van der Waals surface area contributed by atoms with Crippen molar-refractivity contribution in [1.82, 2.24) is 0 Å². The Bertz CT molecular complexity index is 720. The van der Waals surface area contributed by atoms with Gasteiger partial charge in [0, 0.05) is 5.41 Å². The molecule has 3 rings (SSSR count). The molecule has 0 heterocycles. The van der Waals surface area contributed by atoms with Crippen molar-refractivity contribution in [2.75, 3.05) is 0 Å². The van der Waals surface area contributed by atoms with E-state index in [1.165, 1.54) is 67.2 Å². The van der Waals surface area contributed by atoms with E-state index >= 15 is 0 Å². The van der Waals surface area contributed by atoms with Gasteiger partial charge < -0.3 is 0 Å². The third-order valence-electron chi connectivity index (χ3n) is 6.03. The van der Waals surface area contributed by atoms with Crippen LogP contribution in [-0.2, 0) is 5.41 Å². The predicted molar refractivity (Wildman–Crippen MR) is 119 cm³/mol. The van der Waals surface area contributed by atoms with Gasteiger partial charge in [0.25, 0.3) is 0 Å². The lowest BCUT2D eigenvalue weighted by molar-refractivity contribution is 0.541. The lowest BCUT2D eigenvalue weighted by atomic mass is 9.73. The summed E-state index contributed by atoms with van der Waals surface area (Å²) in [6.07, 6.45) is 18.4. The molecule has 2 aromatic carbocycles. The van der Waals surface area contributed by atoms with Crippen LogP contribution in [0, 0.1) is 0 Å². The Labute approximate surface area is 166 Å². The van der Waals surface area contributed by atoms with E-state index in [4.69, 9.17) is 0 Å². The van der Waals surface area contributed by atoms with Crippen LogP contribution in [0.15, 0.2) is 73.3 Å². The predicted octanol–water partition coefficient (Wildman–Crippen LogP) is 8.23. The van der Waals surface area contributed by atoms with Gasteiger partial charge in [0.2, 0.25) is 0 Å². The fourth-order valence-electron chi connectivity index (χ4n) is 4.63. The van der Waals surface area contributed by atoms with Gasteiger partial charge in [-0.25, -0.2) is 0 Å². The average Bonchev–Trinajstić information content (AvgIpc) is 2.98. The van der Waals surface area contributed by atoms with Crippen molar-refractivity contribution in [2.45, 2.75) is 70.1 Å². The van der Waals surface area contributed by atoms with E-state index in [0.29, 0.717) is 0 Å². The van der Waals surface area contributed by atoms with Gasteiger partial charge in [0.1, 0.15) is 0 Å². The molecule has 0 unspecified atom stereocenters. The molecule has 0 aliphatic heterocycles. The number of unbranched alkanes of at least 4 members (excludes halogenated alkanes) is 6. The van der Waals surface area contributed by atoms with Gasteiger partial charge in [0.15, 0.2) is 0 Å². The van der Waals surface area contributed by atoms with Gasteiger partial charge >= 0.3 is 0 Å². The number of fused-ring (bicyclic) bond motifs is 3. The summed E-state index contributed by atoms with van der Waals surface area (Å²) < 4.78 is 0. The van der Waals surface area contributed by atoms with Gasteiger partial charge in [-0.3, -0.25) is 0 Å². The van der Waals surface area contributed by atoms with Crippen LogP contribution >= 0.6 is 0 Å². The van der Waals surface area contributed by atoms with Crippen LogP contribution < -0.4 is 0 Å². The van der Waals surface area contributed by atoms with E-state index in [0.717, 1.165) is 12.8 Å². The van der Waals surface area contributed by atoms with Gasteiger partial charge in [-0.1, -0.05) is 106 Å². The summed E-state index contributed by atoms with van der Waals surface area (Å²) in [4.78, 5) is 0. The summed E-state index contributed by atoms with van der Waals surface area (Å²) in [5.41, 5.74) is 5.79. The molecule has 1 aliphatic rings. The van der Waals surface area contributed by atoms with Gasteiger partial charge in [-0.2, -0.15) is 0 Å². The Morgan fingerprint density at radius 3 is 1.96 bits per heavy atom. The molecule has 0 saturated heterocycles. The molecule has 142 valence electrons. The molecule has 27 heavy (non-hydrogen) atoms. The summed E-state index contributed by atoms with van der Waals surface area (Å²) in [6, 6.07) is 17.9. The molecule has 2 aromatic rings. The number of hydrogen-bond donors (Lipinski definition) is 0. The van der Waals surface area contributed by atoms with Crippen molar-refractivity contribution in [2.24, 2.45) is 0 Å². The standard InChI is InChI=1S/C27H34/c1-3-5-6-7-8-9-10-11-16-22-27(21-4-2)25-19-14-12-17-23(25)24-18-13-15-20-26(24)27/h4,11-20H,2-3,5-10,21-22H2,1H3/b16-11+. The zero-order chi connectivity index (χ0) is 19.0. The zero-order valence-electron chi connectivity index (χ0n) is 16.9. The lowest BCUT2D eigenvalue weighted by Gasteiger charge is -2.30. The second kappa shape index (κ2) is 9.74. The average molecular weight is 359 g/mol. The fourth-order valence-corrected chi connectivity index (χ4v) is 4.63. The summed E-state index contributed by atoms with van der Waals surface area (Å²) in [5, 5.41) is 0. The quantitative estimate of drug-likeness (QED) is 0.280. The molecule has 1 aliphatic carbocycles. The van der Waals surface area contributed by atoms with Crippen LogP contribution in [0.2, 0.25) is 0 Å². The molecular weight excluding hydrogens is 324 g/mol. The first-order valence-electron chi connectivity index (χ1n) is 10.8. The van der Waals surface area contributed by atoms with Crippen molar-refractivity contribution in [3.63, 3.8) is 0 Å². The van der Waals surface area contributed by atoms with E-state index in [9.17, 15) is 0 Å². The first kappa shape index (κ1) is 19.7. The van der Waals surface area contributed by atoms with E-state index in [1.807, 2.05) is 0 Å². The van der Waals surface area contributed by atoms with Crippen molar-refractivity contribution in [1.29, 1.82) is 0 Å². The highest BCUT2D eigenvalue weighted by molar-refractivity contribution is 5.81. The van der Waals surface area contributed by atoms with Gasteiger partial charge in [-0.05, 0) is 47.9 Å². The van der Waals surface area contributed by atoms with Crippen LogP contribution in [-0.4, -0.2) is 0 Å². The Morgan fingerprint density at radius 1 is 0.741 bits per heavy atom. The maximum atomic E-state index is 4.08. The lowest BCUT2D eigenvalue weighted by Crippen LogP contribution is -2.23. The van der Waals surface area contributed by atoms with Crippen LogP contribution in [0.3, 0.4) is 0 Å².